The lowest BCUT2D eigenvalue weighted by molar-refractivity contribution is -0.121. The molecule has 0 atom stereocenters. The lowest BCUT2D eigenvalue weighted by Gasteiger charge is -2.30. The number of sulfonamides is 1. The van der Waals surface area contributed by atoms with Gasteiger partial charge in [0.2, 0.25) is 15.9 Å². The molecule has 1 N–H and O–H groups in total. The predicted molar refractivity (Wildman–Crippen MR) is 120 cm³/mol. The first-order chi connectivity index (χ1) is 14.9. The summed E-state index contributed by atoms with van der Waals surface area (Å²) in [6.45, 7) is 4.88. The zero-order valence-electron chi connectivity index (χ0n) is 18.3. The molecule has 1 aliphatic heterocycles. The van der Waals surface area contributed by atoms with Gasteiger partial charge >= 0.3 is 0 Å². The summed E-state index contributed by atoms with van der Waals surface area (Å²) < 4.78 is 29.5. The molecule has 0 unspecified atom stereocenters. The number of benzene rings is 1. The molecule has 1 aromatic heterocycles. The number of nitrogens with zero attached hydrogens (tertiary/aromatic N) is 3. The fourth-order valence-electron chi connectivity index (χ4n) is 4.61. The van der Waals surface area contributed by atoms with Crippen LogP contribution in [0, 0.1) is 5.92 Å². The molecule has 1 amide bonds. The van der Waals surface area contributed by atoms with E-state index in [0.29, 0.717) is 42.8 Å². The number of anilines is 1. The SMILES string of the molecule is CC(C)c1ccc(S(=O)(=O)N2CCC(C(=O)Nc3ccnn3C3CCCC3)CC2)cc1. The molecular formula is C23H32N4O3S. The van der Waals surface area contributed by atoms with Crippen LogP contribution in [-0.4, -0.2) is 41.5 Å². The number of piperidine rings is 1. The predicted octanol–water partition coefficient (Wildman–Crippen LogP) is 4.16. The van der Waals surface area contributed by atoms with Gasteiger partial charge in [-0.05, 0) is 49.3 Å². The van der Waals surface area contributed by atoms with E-state index >= 15 is 0 Å². The molecule has 168 valence electrons. The summed E-state index contributed by atoms with van der Waals surface area (Å²) in [6, 6.07) is 9.34. The van der Waals surface area contributed by atoms with Gasteiger partial charge in [0.15, 0.2) is 0 Å². The maximum absolute atomic E-state index is 13.0. The largest absolute Gasteiger partial charge is 0.311 e. The zero-order valence-corrected chi connectivity index (χ0v) is 19.1. The van der Waals surface area contributed by atoms with E-state index in [1.165, 1.54) is 17.1 Å². The molecule has 2 aromatic rings. The molecule has 0 bridgehead atoms. The topological polar surface area (TPSA) is 84.3 Å². The van der Waals surface area contributed by atoms with E-state index in [2.05, 4.69) is 24.3 Å². The van der Waals surface area contributed by atoms with E-state index in [9.17, 15) is 13.2 Å². The number of carbonyl (C=O) groups is 1. The van der Waals surface area contributed by atoms with Crippen molar-refractivity contribution < 1.29 is 13.2 Å². The van der Waals surface area contributed by atoms with E-state index in [4.69, 9.17) is 0 Å². The van der Waals surface area contributed by atoms with Crippen LogP contribution in [-0.2, 0) is 14.8 Å². The Bertz CT molecular complexity index is 1000. The van der Waals surface area contributed by atoms with Gasteiger partial charge in [-0.3, -0.25) is 4.79 Å². The van der Waals surface area contributed by atoms with Gasteiger partial charge in [0.1, 0.15) is 5.82 Å². The lowest BCUT2D eigenvalue weighted by atomic mass is 9.97. The third kappa shape index (κ3) is 4.70. The van der Waals surface area contributed by atoms with Crippen LogP contribution in [0.4, 0.5) is 5.82 Å². The molecule has 7 nitrogen and oxygen atoms in total. The fourth-order valence-corrected chi connectivity index (χ4v) is 6.08. The Morgan fingerprint density at radius 3 is 2.29 bits per heavy atom. The summed E-state index contributed by atoms with van der Waals surface area (Å²) in [5.74, 6) is 0.868. The number of hydrogen-bond acceptors (Lipinski definition) is 4. The van der Waals surface area contributed by atoms with E-state index in [-0.39, 0.29) is 11.8 Å². The van der Waals surface area contributed by atoms with Crippen LogP contribution in [0.15, 0.2) is 41.4 Å². The highest BCUT2D eigenvalue weighted by atomic mass is 32.2. The summed E-state index contributed by atoms with van der Waals surface area (Å²) in [5.41, 5.74) is 1.12. The van der Waals surface area contributed by atoms with Gasteiger partial charge in [-0.25, -0.2) is 13.1 Å². The van der Waals surface area contributed by atoms with Crippen molar-refractivity contribution in [3.05, 3.63) is 42.1 Å². The van der Waals surface area contributed by atoms with Crippen LogP contribution < -0.4 is 5.32 Å². The molecule has 0 radical (unpaired) electrons. The number of aromatic nitrogens is 2. The smallest absolute Gasteiger partial charge is 0.243 e. The molecular weight excluding hydrogens is 412 g/mol. The summed E-state index contributed by atoms with van der Waals surface area (Å²) in [7, 11) is -3.53. The second-order valence-electron chi connectivity index (χ2n) is 8.99. The van der Waals surface area contributed by atoms with Crippen LogP contribution in [0.5, 0.6) is 0 Å². The van der Waals surface area contributed by atoms with Crippen molar-refractivity contribution in [1.29, 1.82) is 0 Å². The molecule has 1 saturated carbocycles. The Morgan fingerprint density at radius 2 is 1.68 bits per heavy atom. The quantitative estimate of drug-likeness (QED) is 0.725. The second kappa shape index (κ2) is 9.12. The first-order valence-corrected chi connectivity index (χ1v) is 12.7. The van der Waals surface area contributed by atoms with Gasteiger partial charge in [-0.1, -0.05) is 38.8 Å². The molecule has 1 aromatic carbocycles. The van der Waals surface area contributed by atoms with E-state index in [0.717, 1.165) is 24.2 Å². The number of amides is 1. The highest BCUT2D eigenvalue weighted by Crippen LogP contribution is 2.32. The van der Waals surface area contributed by atoms with Crippen LogP contribution in [0.25, 0.3) is 0 Å². The minimum Gasteiger partial charge on any atom is -0.311 e. The van der Waals surface area contributed by atoms with Gasteiger partial charge < -0.3 is 5.32 Å². The number of nitrogens with one attached hydrogen (secondary N) is 1. The van der Waals surface area contributed by atoms with Crippen LogP contribution >= 0.6 is 0 Å². The average Bonchev–Trinajstić information content (AvgIpc) is 3.45. The maximum atomic E-state index is 13.0. The van der Waals surface area contributed by atoms with Gasteiger partial charge in [0, 0.05) is 25.1 Å². The first-order valence-electron chi connectivity index (χ1n) is 11.3. The normalized spacial score (nSPS) is 19.2. The van der Waals surface area contributed by atoms with Gasteiger partial charge in [0.25, 0.3) is 0 Å². The minimum absolute atomic E-state index is 0.0434. The molecule has 4 rings (SSSR count). The zero-order chi connectivity index (χ0) is 22.0. The summed E-state index contributed by atoms with van der Waals surface area (Å²) in [4.78, 5) is 13.2. The Hall–Kier alpha value is -2.19. The Kier molecular flexibility index (Phi) is 6.48. The summed E-state index contributed by atoms with van der Waals surface area (Å²) >= 11 is 0. The van der Waals surface area contributed by atoms with Crippen molar-refractivity contribution in [2.24, 2.45) is 5.92 Å². The Balaban J connectivity index is 1.36. The van der Waals surface area contributed by atoms with Crippen molar-refractivity contribution in [3.8, 4) is 0 Å². The van der Waals surface area contributed by atoms with Crippen LogP contribution in [0.3, 0.4) is 0 Å². The molecule has 2 aliphatic rings. The Labute approximate surface area is 184 Å². The van der Waals surface area contributed by atoms with Crippen molar-refractivity contribution in [3.63, 3.8) is 0 Å². The fraction of sp³-hybridized carbons (Fsp3) is 0.565. The number of carbonyl (C=O) groups excluding carboxylic acids is 1. The second-order valence-corrected chi connectivity index (χ2v) is 10.9. The molecule has 0 spiro atoms. The molecule has 31 heavy (non-hydrogen) atoms. The molecule has 2 heterocycles. The van der Waals surface area contributed by atoms with Crippen molar-refractivity contribution in [1.82, 2.24) is 14.1 Å². The number of rotatable bonds is 6. The molecule has 1 aliphatic carbocycles. The molecule has 8 heteroatoms. The summed E-state index contributed by atoms with van der Waals surface area (Å²) in [5, 5.41) is 7.44. The van der Waals surface area contributed by atoms with Crippen LogP contribution in [0.1, 0.15) is 69.9 Å². The van der Waals surface area contributed by atoms with Crippen LogP contribution in [0.2, 0.25) is 0 Å². The molecule has 2 fully saturated rings. The van der Waals surface area contributed by atoms with Gasteiger partial charge in [0.05, 0.1) is 17.1 Å². The maximum Gasteiger partial charge on any atom is 0.243 e. The monoisotopic (exact) mass is 444 g/mol. The van der Waals surface area contributed by atoms with E-state index in [1.54, 1.807) is 18.3 Å². The lowest BCUT2D eigenvalue weighted by Crippen LogP contribution is -2.41. The Morgan fingerprint density at radius 1 is 1.03 bits per heavy atom. The first kappa shape index (κ1) is 22.0. The van der Waals surface area contributed by atoms with E-state index in [1.807, 2.05) is 22.9 Å². The van der Waals surface area contributed by atoms with Crippen molar-refractivity contribution in [2.45, 2.75) is 69.2 Å². The highest BCUT2D eigenvalue weighted by Gasteiger charge is 2.32. The van der Waals surface area contributed by atoms with Crippen molar-refractivity contribution >= 4 is 21.7 Å². The summed E-state index contributed by atoms with van der Waals surface area (Å²) in [6.07, 6.45) is 7.36. The van der Waals surface area contributed by atoms with E-state index < -0.39 is 10.0 Å². The standard InChI is InChI=1S/C23H32N4O3S/c1-17(2)18-7-9-21(10-8-18)31(29,30)26-15-12-19(13-16-26)23(28)25-22-11-14-24-27(22)20-5-3-4-6-20/h7-11,14,17,19-20H,3-6,12-13,15-16H2,1-2H3,(H,25,28). The molecule has 1 saturated heterocycles. The third-order valence-electron chi connectivity index (χ3n) is 6.60. The highest BCUT2D eigenvalue weighted by molar-refractivity contribution is 7.89. The van der Waals surface area contributed by atoms with Gasteiger partial charge in [-0.15, -0.1) is 0 Å². The average molecular weight is 445 g/mol. The van der Waals surface area contributed by atoms with Crippen molar-refractivity contribution in [2.75, 3.05) is 18.4 Å². The number of hydrogen-bond donors (Lipinski definition) is 1. The van der Waals surface area contributed by atoms with Gasteiger partial charge in [-0.2, -0.15) is 9.40 Å². The minimum atomic E-state index is -3.53. The third-order valence-corrected chi connectivity index (χ3v) is 8.51.